The molecule has 2 heterocycles. The summed E-state index contributed by atoms with van der Waals surface area (Å²) in [4.78, 5) is 2.35. The number of hydrogen-bond acceptors (Lipinski definition) is 4. The lowest BCUT2D eigenvalue weighted by Crippen LogP contribution is -2.47. The zero-order chi connectivity index (χ0) is 11.5. The highest BCUT2D eigenvalue weighted by Crippen LogP contribution is 2.24. The van der Waals surface area contributed by atoms with Gasteiger partial charge in [0.25, 0.3) is 0 Å². The summed E-state index contributed by atoms with van der Waals surface area (Å²) in [6.45, 7) is 6.85. The van der Waals surface area contributed by atoms with E-state index in [1.165, 1.54) is 0 Å². The Balaban J connectivity index is 1.99. The van der Waals surface area contributed by atoms with Gasteiger partial charge in [-0.3, -0.25) is 4.90 Å². The summed E-state index contributed by atoms with van der Waals surface area (Å²) in [6, 6.07) is 2.48. The fourth-order valence-corrected chi connectivity index (χ4v) is 2.70. The summed E-state index contributed by atoms with van der Waals surface area (Å²) in [5.74, 6) is 0. The number of aliphatic hydroxyl groups is 1. The van der Waals surface area contributed by atoms with Crippen molar-refractivity contribution < 1.29 is 9.84 Å². The van der Waals surface area contributed by atoms with Gasteiger partial charge in [-0.25, -0.2) is 0 Å². The average molecular weight is 241 g/mol. The van der Waals surface area contributed by atoms with E-state index in [1.807, 2.05) is 16.8 Å². The maximum Gasteiger partial charge on any atom is 0.107 e. The first-order valence-electron chi connectivity index (χ1n) is 5.74. The minimum Gasteiger partial charge on any atom is -0.386 e. The molecule has 0 saturated carbocycles. The third-order valence-corrected chi connectivity index (χ3v) is 3.79. The summed E-state index contributed by atoms with van der Waals surface area (Å²) < 4.78 is 5.66. The molecule has 1 aromatic rings. The monoisotopic (exact) mass is 241 g/mol. The first-order valence-corrected chi connectivity index (χ1v) is 6.68. The summed E-state index contributed by atoms with van der Waals surface area (Å²) in [5, 5.41) is 14.2. The molecule has 2 atom stereocenters. The lowest BCUT2D eigenvalue weighted by atomic mass is 10.1. The van der Waals surface area contributed by atoms with Crippen LogP contribution in [0.15, 0.2) is 16.8 Å². The van der Waals surface area contributed by atoms with E-state index in [9.17, 15) is 5.11 Å². The van der Waals surface area contributed by atoms with E-state index in [0.717, 1.165) is 18.7 Å². The molecule has 0 spiro atoms. The van der Waals surface area contributed by atoms with E-state index < -0.39 is 6.10 Å². The zero-order valence-corrected chi connectivity index (χ0v) is 10.6. The maximum absolute atomic E-state index is 10.2. The average Bonchev–Trinajstić information content (AvgIpc) is 2.81. The summed E-state index contributed by atoms with van der Waals surface area (Å²) in [5.41, 5.74) is 0.973. The number of hydrogen-bond donors (Lipinski definition) is 1. The van der Waals surface area contributed by atoms with Crippen LogP contribution in [0.1, 0.15) is 25.5 Å². The van der Waals surface area contributed by atoms with Crippen LogP contribution >= 0.6 is 11.3 Å². The molecule has 16 heavy (non-hydrogen) atoms. The Morgan fingerprint density at radius 3 is 3.00 bits per heavy atom. The Kier molecular flexibility index (Phi) is 3.97. The van der Waals surface area contributed by atoms with Crippen molar-refractivity contribution in [2.24, 2.45) is 0 Å². The van der Waals surface area contributed by atoms with E-state index in [-0.39, 0.29) is 6.10 Å². The van der Waals surface area contributed by atoms with Crippen molar-refractivity contribution in [3.8, 4) is 0 Å². The van der Waals surface area contributed by atoms with Crippen LogP contribution in [0.2, 0.25) is 0 Å². The number of rotatable bonds is 3. The van der Waals surface area contributed by atoms with Crippen LogP contribution in [0.3, 0.4) is 0 Å². The molecular weight excluding hydrogens is 222 g/mol. The number of thiophene rings is 1. The molecule has 0 aromatic carbocycles. The molecule has 1 aromatic heterocycles. The van der Waals surface area contributed by atoms with Gasteiger partial charge in [0, 0.05) is 19.1 Å². The number of ether oxygens (including phenoxy) is 1. The number of nitrogens with zero attached hydrogens (tertiary/aromatic N) is 1. The van der Waals surface area contributed by atoms with Crippen LogP contribution in [0.5, 0.6) is 0 Å². The third-order valence-electron chi connectivity index (χ3n) is 3.09. The van der Waals surface area contributed by atoms with E-state index in [1.54, 1.807) is 11.3 Å². The van der Waals surface area contributed by atoms with Crippen molar-refractivity contribution in [2.75, 3.05) is 19.7 Å². The minimum absolute atomic E-state index is 0.0919. The number of aliphatic hydroxyl groups excluding tert-OH is 1. The minimum atomic E-state index is -0.493. The summed E-state index contributed by atoms with van der Waals surface area (Å²) in [7, 11) is 0. The Morgan fingerprint density at radius 1 is 1.56 bits per heavy atom. The fraction of sp³-hybridized carbons (Fsp3) is 0.667. The van der Waals surface area contributed by atoms with Crippen LogP contribution < -0.4 is 0 Å². The topological polar surface area (TPSA) is 32.7 Å². The van der Waals surface area contributed by atoms with Gasteiger partial charge in [0.2, 0.25) is 0 Å². The first kappa shape index (κ1) is 12.0. The van der Waals surface area contributed by atoms with Crippen molar-refractivity contribution in [3.05, 3.63) is 22.4 Å². The molecule has 1 saturated heterocycles. The van der Waals surface area contributed by atoms with E-state index in [4.69, 9.17) is 4.74 Å². The second kappa shape index (κ2) is 5.27. The molecule has 1 aliphatic rings. The highest BCUT2D eigenvalue weighted by Gasteiger charge is 2.28. The van der Waals surface area contributed by atoms with E-state index >= 15 is 0 Å². The predicted octanol–water partition coefficient (Wildman–Crippen LogP) is 1.89. The molecule has 4 heteroatoms. The molecule has 0 amide bonds. The molecule has 3 nitrogen and oxygen atoms in total. The molecule has 0 aliphatic carbocycles. The van der Waals surface area contributed by atoms with Gasteiger partial charge in [0.05, 0.1) is 6.61 Å². The second-order valence-corrected chi connectivity index (χ2v) is 5.28. The van der Waals surface area contributed by atoms with Crippen LogP contribution in [0.4, 0.5) is 0 Å². The summed E-state index contributed by atoms with van der Waals surface area (Å²) >= 11 is 1.61. The molecular formula is C12H19NO2S. The number of morpholine rings is 1. The van der Waals surface area contributed by atoms with Gasteiger partial charge in [-0.15, -0.1) is 0 Å². The van der Waals surface area contributed by atoms with Gasteiger partial charge in [0.1, 0.15) is 12.2 Å². The standard InChI is InChI=1S/C12H19NO2S/c1-9(2)13-4-5-15-11(7-13)12(14)10-3-6-16-8-10/h3,6,8-9,11-12,14H,4-5,7H2,1-2H3. The Morgan fingerprint density at radius 2 is 2.38 bits per heavy atom. The van der Waals surface area contributed by atoms with Crippen LogP contribution in [0.25, 0.3) is 0 Å². The predicted molar refractivity (Wildman–Crippen MR) is 65.7 cm³/mol. The summed E-state index contributed by atoms with van der Waals surface area (Å²) in [6.07, 6.45) is -0.585. The van der Waals surface area contributed by atoms with E-state index in [0.29, 0.717) is 12.6 Å². The van der Waals surface area contributed by atoms with Crippen molar-refractivity contribution in [3.63, 3.8) is 0 Å². The van der Waals surface area contributed by atoms with Gasteiger partial charge in [0.15, 0.2) is 0 Å². The van der Waals surface area contributed by atoms with Gasteiger partial charge >= 0.3 is 0 Å². The van der Waals surface area contributed by atoms with Crippen LogP contribution in [-0.2, 0) is 4.74 Å². The van der Waals surface area contributed by atoms with Gasteiger partial charge in [-0.05, 0) is 36.2 Å². The molecule has 1 N–H and O–H groups in total. The maximum atomic E-state index is 10.2. The lowest BCUT2D eigenvalue weighted by Gasteiger charge is -2.37. The molecule has 1 fully saturated rings. The third kappa shape index (κ3) is 2.63. The van der Waals surface area contributed by atoms with Crippen molar-refractivity contribution in [1.82, 2.24) is 4.90 Å². The Labute approximate surface area is 101 Å². The largest absolute Gasteiger partial charge is 0.386 e. The molecule has 1 aliphatic heterocycles. The quantitative estimate of drug-likeness (QED) is 0.877. The van der Waals surface area contributed by atoms with Crippen molar-refractivity contribution >= 4 is 11.3 Å². The normalized spacial score (nSPS) is 24.9. The molecule has 90 valence electrons. The van der Waals surface area contributed by atoms with Crippen LogP contribution in [0, 0.1) is 0 Å². The van der Waals surface area contributed by atoms with Gasteiger partial charge in [-0.2, -0.15) is 11.3 Å². The Bertz CT molecular complexity index is 313. The lowest BCUT2D eigenvalue weighted by molar-refractivity contribution is -0.0960. The van der Waals surface area contributed by atoms with Crippen LogP contribution in [-0.4, -0.2) is 41.8 Å². The zero-order valence-electron chi connectivity index (χ0n) is 9.80. The SMILES string of the molecule is CC(C)N1CCOC(C(O)c2ccsc2)C1. The van der Waals surface area contributed by atoms with E-state index in [2.05, 4.69) is 18.7 Å². The smallest absolute Gasteiger partial charge is 0.107 e. The first-order chi connectivity index (χ1) is 7.68. The van der Waals surface area contributed by atoms with Crippen molar-refractivity contribution in [2.45, 2.75) is 32.1 Å². The molecule has 0 bridgehead atoms. The Hall–Kier alpha value is -0.420. The van der Waals surface area contributed by atoms with Crippen molar-refractivity contribution in [1.29, 1.82) is 0 Å². The van der Waals surface area contributed by atoms with Gasteiger partial charge < -0.3 is 9.84 Å². The molecule has 0 radical (unpaired) electrons. The second-order valence-electron chi connectivity index (χ2n) is 4.50. The van der Waals surface area contributed by atoms with Gasteiger partial charge in [-0.1, -0.05) is 0 Å². The molecule has 2 rings (SSSR count). The highest BCUT2D eigenvalue weighted by atomic mass is 32.1. The highest BCUT2D eigenvalue weighted by molar-refractivity contribution is 7.07. The molecule has 2 unspecified atom stereocenters. The fourth-order valence-electron chi connectivity index (χ4n) is 2.01.